The highest BCUT2D eigenvalue weighted by Crippen LogP contribution is 2.54. The highest BCUT2D eigenvalue weighted by atomic mass is 79.9. The quantitative estimate of drug-likeness (QED) is 0.130. The van der Waals surface area contributed by atoms with Crippen molar-refractivity contribution in [3.05, 3.63) is 330 Å². The maximum Gasteiger partial charge on any atom is 0.494 e. The first-order valence-corrected chi connectivity index (χ1v) is 36.5. The molecule has 0 N–H and O–H groups in total. The maximum atomic E-state index is 6.40. The normalized spacial score (nSPS) is 15.1. The number of hydrogen-bond donors (Lipinski definition) is 0. The zero-order valence-corrected chi connectivity index (χ0v) is 60.1. The summed E-state index contributed by atoms with van der Waals surface area (Å²) in [6, 6.07) is 111. The fourth-order valence-corrected chi connectivity index (χ4v) is 17.7. The van der Waals surface area contributed by atoms with Crippen LogP contribution >= 0.6 is 15.9 Å². The van der Waals surface area contributed by atoms with Gasteiger partial charge >= 0.3 is 7.12 Å². The monoisotopic (exact) mass is 1380 g/mol. The predicted molar refractivity (Wildman–Crippen MR) is 437 cm³/mol. The fourth-order valence-electron chi connectivity index (χ4n) is 17.4. The minimum absolute atomic E-state index is 0.0271. The first-order valence-electron chi connectivity index (χ1n) is 35.7. The number of aromatic nitrogens is 2. The lowest BCUT2D eigenvalue weighted by Gasteiger charge is -2.32. The molecule has 3 heterocycles. The van der Waals surface area contributed by atoms with Gasteiger partial charge in [0.2, 0.25) is 0 Å². The summed E-state index contributed by atoms with van der Waals surface area (Å²) in [4.78, 5) is 0. The highest BCUT2D eigenvalue weighted by molar-refractivity contribution is 9.10. The summed E-state index contributed by atoms with van der Waals surface area (Å²) >= 11 is 3.50. The molecule has 3 aliphatic rings. The largest absolute Gasteiger partial charge is 0.494 e. The van der Waals surface area contributed by atoms with Crippen LogP contribution in [0, 0.1) is 0 Å². The number of benzene rings is 16. The van der Waals surface area contributed by atoms with Crippen LogP contribution in [-0.4, -0.2) is 27.5 Å². The van der Waals surface area contributed by atoms with Gasteiger partial charge in [0, 0.05) is 48.2 Å². The lowest BCUT2D eigenvalue weighted by atomic mass is 9.77. The molecule has 0 bridgehead atoms. The highest BCUT2D eigenvalue weighted by Gasteiger charge is 2.52. The van der Waals surface area contributed by atoms with Gasteiger partial charge in [0.15, 0.2) is 0 Å². The average molecular weight is 1380 g/mol. The molecular weight excluding hydrogens is 1300 g/mol. The third kappa shape index (κ3) is 9.49. The molecule has 1 aliphatic heterocycles. The van der Waals surface area contributed by atoms with E-state index in [4.69, 9.17) is 9.31 Å². The van der Waals surface area contributed by atoms with Crippen LogP contribution in [0.2, 0.25) is 0 Å². The molecule has 102 heavy (non-hydrogen) atoms. The first kappa shape index (κ1) is 62.2. The number of rotatable bonds is 4. The minimum Gasteiger partial charge on any atom is -0.399 e. The van der Waals surface area contributed by atoms with Gasteiger partial charge < -0.3 is 18.4 Å². The van der Waals surface area contributed by atoms with Crippen molar-refractivity contribution in [2.24, 2.45) is 0 Å². The van der Waals surface area contributed by atoms with Gasteiger partial charge in [0.25, 0.3) is 0 Å². The van der Waals surface area contributed by atoms with E-state index in [0.29, 0.717) is 0 Å². The number of para-hydroxylation sites is 4. The predicted octanol–water partition coefficient (Wildman–Crippen LogP) is 25.5. The molecule has 6 heteroatoms. The Kier molecular flexibility index (Phi) is 14.1. The summed E-state index contributed by atoms with van der Waals surface area (Å²) in [7, 11) is -0.373. The topological polar surface area (TPSA) is 28.3 Å². The lowest BCUT2D eigenvalue weighted by Crippen LogP contribution is -2.41. The van der Waals surface area contributed by atoms with E-state index in [-0.39, 0.29) is 29.2 Å². The molecule has 0 unspecified atom stereocenters. The van der Waals surface area contributed by atoms with Crippen LogP contribution in [0.5, 0.6) is 0 Å². The van der Waals surface area contributed by atoms with Crippen molar-refractivity contribution in [1.29, 1.82) is 0 Å². The van der Waals surface area contributed by atoms with E-state index in [1.807, 2.05) is 0 Å². The van der Waals surface area contributed by atoms with E-state index in [9.17, 15) is 0 Å². The summed E-state index contributed by atoms with van der Waals surface area (Å²) < 4.78 is 18.6. The molecule has 18 aromatic rings. The number of hydrogen-bond acceptors (Lipinski definition) is 2. The van der Waals surface area contributed by atoms with Gasteiger partial charge in [-0.1, -0.05) is 256 Å². The third-order valence-corrected chi connectivity index (χ3v) is 23.9. The van der Waals surface area contributed by atoms with Gasteiger partial charge in [-0.2, -0.15) is 0 Å². The van der Waals surface area contributed by atoms with Gasteiger partial charge in [-0.15, -0.1) is 0 Å². The lowest BCUT2D eigenvalue weighted by molar-refractivity contribution is 0.00578. The van der Waals surface area contributed by atoms with Gasteiger partial charge in [-0.25, -0.2) is 0 Å². The summed E-state index contributed by atoms with van der Waals surface area (Å²) in [6.45, 7) is 17.9. The molecule has 490 valence electrons. The zero-order chi connectivity index (χ0) is 69.1. The second-order valence-electron chi connectivity index (χ2n) is 30.2. The Morgan fingerprint density at radius 1 is 0.255 bits per heavy atom. The molecule has 21 rings (SSSR count). The summed E-state index contributed by atoms with van der Waals surface area (Å²) in [6.07, 6.45) is 0. The number of fused-ring (bicyclic) bond motifs is 24. The van der Waals surface area contributed by atoms with E-state index < -0.39 is 0 Å². The molecule has 0 atom stereocenters. The maximum absolute atomic E-state index is 6.40. The molecule has 4 nitrogen and oxygen atoms in total. The van der Waals surface area contributed by atoms with Crippen molar-refractivity contribution in [3.63, 3.8) is 0 Å². The molecule has 1 saturated heterocycles. The van der Waals surface area contributed by atoms with Crippen LogP contribution in [0.25, 0.3) is 153 Å². The standard InChI is InChI=1S/C45H31N.C33H31BO2.C18H12BrN/c1-45(2)41-16-8-5-13-34(41)40-26-38-32-12-4-3-11-31(32)37-25-29(21-24-33(37)39(38)27-42(40)45)28-19-22-30(23-20-28)46-43-17-9-6-14-35(43)36-15-7-10-18-44(36)46;1-31(2)29-14-10-9-13-24(29)28-18-26-22-12-8-7-11-21(22)25-17-20(15-16-23(25)27(26)19-30(28)31)34-35-32(3,4)33(5,6)36-34;19-13-9-11-14(12-10-13)20-17-7-3-1-5-15(17)16-6-2-4-8-18(16)20/h3-27H,1-2H3;7-19H,1-6H3;1-12H. The number of halogens is 1. The van der Waals surface area contributed by atoms with E-state index in [1.165, 1.54) is 175 Å². The third-order valence-electron chi connectivity index (χ3n) is 23.3. The summed E-state index contributed by atoms with van der Waals surface area (Å²) in [5, 5.41) is 20.8. The Labute approximate surface area is 603 Å². The first-order chi connectivity index (χ1) is 49.5. The SMILES string of the molecule is Brc1ccc(-n2c3ccccc3c3ccccc32)cc1.CC1(C)c2ccccc2-c2cc3c4ccccc4c4cc(-c5ccc(-n6c7ccccc7c7ccccc76)cc5)ccc4c3cc21.CC1(C)c2ccccc2-c2cc3c4ccccc4c4cc(B5OC(C)(C)C(C)(C)O5)ccc4c3cc21. The van der Waals surface area contributed by atoms with Gasteiger partial charge in [-0.05, 0) is 244 Å². The Bertz CT molecular complexity index is 6410. The second kappa shape index (κ2) is 23.1. The molecule has 0 amide bonds. The molecule has 0 spiro atoms. The van der Waals surface area contributed by atoms with Gasteiger partial charge in [0.05, 0.1) is 33.3 Å². The molecule has 0 saturated carbocycles. The van der Waals surface area contributed by atoms with Crippen LogP contribution in [0.1, 0.15) is 77.6 Å². The second-order valence-corrected chi connectivity index (χ2v) is 31.2. The van der Waals surface area contributed by atoms with Crippen LogP contribution in [0.3, 0.4) is 0 Å². The van der Waals surface area contributed by atoms with E-state index in [2.05, 4.69) is 384 Å². The summed E-state index contributed by atoms with van der Waals surface area (Å²) in [5.74, 6) is 0. The molecule has 0 radical (unpaired) electrons. The molecule has 2 aliphatic carbocycles. The van der Waals surface area contributed by atoms with Crippen molar-refractivity contribution in [1.82, 2.24) is 9.13 Å². The smallest absolute Gasteiger partial charge is 0.399 e. The zero-order valence-electron chi connectivity index (χ0n) is 58.5. The Morgan fingerprint density at radius 3 is 0.990 bits per heavy atom. The van der Waals surface area contributed by atoms with Gasteiger partial charge in [0.1, 0.15) is 0 Å². The van der Waals surface area contributed by atoms with Crippen molar-refractivity contribution >= 4 is 137 Å². The number of nitrogens with zero attached hydrogens (tertiary/aromatic N) is 2. The van der Waals surface area contributed by atoms with E-state index >= 15 is 0 Å². The summed E-state index contributed by atoms with van der Waals surface area (Å²) in [5.41, 5.74) is 21.2. The van der Waals surface area contributed by atoms with Crippen LogP contribution in [0.15, 0.2) is 308 Å². The van der Waals surface area contributed by atoms with Crippen molar-refractivity contribution in [2.75, 3.05) is 0 Å². The van der Waals surface area contributed by atoms with Crippen molar-refractivity contribution < 1.29 is 9.31 Å². The molecular formula is C96H74BBrN2O2. The van der Waals surface area contributed by atoms with Crippen molar-refractivity contribution in [3.8, 4) is 44.8 Å². The average Bonchev–Trinajstić information content (AvgIpc) is 1.47. The van der Waals surface area contributed by atoms with Crippen LogP contribution < -0.4 is 5.46 Å². The Morgan fingerprint density at radius 2 is 0.569 bits per heavy atom. The molecule has 16 aromatic carbocycles. The fraction of sp³-hybridized carbons (Fsp3) is 0.125. The van der Waals surface area contributed by atoms with Crippen LogP contribution in [-0.2, 0) is 20.1 Å². The van der Waals surface area contributed by atoms with Crippen molar-refractivity contribution in [2.45, 2.75) is 77.4 Å². The van der Waals surface area contributed by atoms with Crippen LogP contribution in [0.4, 0.5) is 0 Å². The van der Waals surface area contributed by atoms with E-state index in [0.717, 1.165) is 9.94 Å². The van der Waals surface area contributed by atoms with Gasteiger partial charge in [-0.3, -0.25) is 0 Å². The van der Waals surface area contributed by atoms with E-state index in [1.54, 1.807) is 0 Å². The Hall–Kier alpha value is -10.9. The minimum atomic E-state index is -0.373. The Balaban J connectivity index is 0.000000114. The molecule has 1 fully saturated rings. The molecule has 2 aromatic heterocycles.